The monoisotopic (exact) mass is 652 g/mol. The molecule has 11 heteroatoms. The number of amides is 2. The fraction of sp³-hybridized carbons (Fsp3) is 0.500. The van der Waals surface area contributed by atoms with E-state index < -0.39 is 23.7 Å². The Labute approximate surface area is 277 Å². The predicted octanol–water partition coefficient (Wildman–Crippen LogP) is 5.49. The van der Waals surface area contributed by atoms with Gasteiger partial charge in [-0.15, -0.1) is 0 Å². The number of nitrogens with zero attached hydrogens (tertiary/aromatic N) is 1. The molecule has 256 valence electrons. The second-order valence-corrected chi connectivity index (χ2v) is 11.9. The minimum Gasteiger partial charge on any atom is -0.467 e. The molecule has 1 N–H and O–H groups in total. The van der Waals surface area contributed by atoms with E-state index in [1.165, 1.54) is 19.1 Å². The van der Waals surface area contributed by atoms with Gasteiger partial charge in [0.2, 0.25) is 0 Å². The topological polar surface area (TPSA) is 130 Å². The van der Waals surface area contributed by atoms with Gasteiger partial charge in [0.25, 0.3) is 11.8 Å². The molecule has 4 rings (SSSR count). The van der Waals surface area contributed by atoms with Gasteiger partial charge in [-0.05, 0) is 89.5 Å². The van der Waals surface area contributed by atoms with Gasteiger partial charge in [-0.1, -0.05) is 42.0 Å². The lowest BCUT2D eigenvalue weighted by Crippen LogP contribution is -2.49. The quantitative estimate of drug-likeness (QED) is 0.350. The second kappa shape index (κ2) is 16.6. The summed E-state index contributed by atoms with van der Waals surface area (Å²) < 4.78 is 25.8. The van der Waals surface area contributed by atoms with Gasteiger partial charge < -0.3 is 29.0 Å². The Kier molecular flexibility index (Phi) is 13.1. The van der Waals surface area contributed by atoms with Gasteiger partial charge in [-0.3, -0.25) is 14.5 Å². The van der Waals surface area contributed by atoms with Crippen molar-refractivity contribution >= 4 is 35.2 Å². The summed E-state index contributed by atoms with van der Waals surface area (Å²) >= 11 is 0. The number of carbonyl (C=O) groups excluding carboxylic acids is 4. The number of ether oxygens (including phenoxy) is 5. The van der Waals surface area contributed by atoms with E-state index in [0.717, 1.165) is 46.3 Å². The normalized spacial score (nSPS) is 19.3. The highest BCUT2D eigenvalue weighted by atomic mass is 16.7. The lowest BCUT2D eigenvalue weighted by atomic mass is 9.79. The largest absolute Gasteiger partial charge is 0.513 e. The molecule has 1 fully saturated rings. The summed E-state index contributed by atoms with van der Waals surface area (Å²) in [6.07, 6.45) is 2.25. The highest BCUT2D eigenvalue weighted by Crippen LogP contribution is 2.44. The summed E-state index contributed by atoms with van der Waals surface area (Å²) in [5.41, 5.74) is 5.10. The smallest absolute Gasteiger partial charge is 0.467 e. The first-order chi connectivity index (χ1) is 22.3. The van der Waals surface area contributed by atoms with E-state index in [-0.39, 0.29) is 31.1 Å². The van der Waals surface area contributed by atoms with E-state index in [4.69, 9.17) is 23.7 Å². The molecule has 1 spiro atoms. The van der Waals surface area contributed by atoms with Gasteiger partial charge in [-0.2, -0.15) is 0 Å². The van der Waals surface area contributed by atoms with Crippen LogP contribution in [0.3, 0.4) is 0 Å². The molecule has 0 aromatic heterocycles. The van der Waals surface area contributed by atoms with Crippen LogP contribution in [0.2, 0.25) is 0 Å². The van der Waals surface area contributed by atoms with Gasteiger partial charge in [0.15, 0.2) is 0 Å². The van der Waals surface area contributed by atoms with E-state index in [2.05, 4.69) is 5.32 Å². The summed E-state index contributed by atoms with van der Waals surface area (Å²) in [5.74, 6) is -0.562. The van der Waals surface area contributed by atoms with Crippen LogP contribution in [-0.2, 0) is 38.1 Å². The molecule has 1 aliphatic carbocycles. The lowest BCUT2D eigenvalue weighted by molar-refractivity contribution is -0.143. The summed E-state index contributed by atoms with van der Waals surface area (Å²) in [7, 11) is 4.45. The summed E-state index contributed by atoms with van der Waals surface area (Å²) in [5, 5.41) is 3.11. The van der Waals surface area contributed by atoms with E-state index in [1.54, 1.807) is 21.0 Å². The lowest BCUT2D eigenvalue weighted by Gasteiger charge is -2.37. The van der Waals surface area contributed by atoms with Crippen molar-refractivity contribution in [3.63, 3.8) is 0 Å². The van der Waals surface area contributed by atoms with Crippen molar-refractivity contribution in [3.05, 3.63) is 70.0 Å². The Bertz CT molecular complexity index is 1470. The minimum atomic E-state index is -0.778. The number of anilines is 1. The van der Waals surface area contributed by atoms with Crippen LogP contribution in [0.1, 0.15) is 67.3 Å². The average molecular weight is 653 g/mol. The minimum absolute atomic E-state index is 0.0882. The molecule has 2 amide bonds. The van der Waals surface area contributed by atoms with Crippen LogP contribution < -0.4 is 10.2 Å². The molecule has 1 aliphatic heterocycles. The van der Waals surface area contributed by atoms with Crippen LogP contribution in [0.5, 0.6) is 0 Å². The number of methoxy groups -OCH3 is 3. The number of carbonyl (C=O) groups is 4. The molecule has 0 saturated heterocycles. The van der Waals surface area contributed by atoms with Crippen molar-refractivity contribution in [1.29, 1.82) is 0 Å². The maximum Gasteiger partial charge on any atom is 0.513 e. The third kappa shape index (κ3) is 8.58. The summed E-state index contributed by atoms with van der Waals surface area (Å²) in [6.45, 7) is 11.2. The summed E-state index contributed by atoms with van der Waals surface area (Å²) in [4.78, 5) is 50.7. The number of esters is 1. The highest BCUT2D eigenvalue weighted by molar-refractivity contribution is 6.24. The third-order valence-corrected chi connectivity index (χ3v) is 8.62. The molecule has 0 radical (unpaired) electrons. The number of aryl methyl sites for hydroxylation is 4. The number of hydrogen-bond donors (Lipinski definition) is 1. The van der Waals surface area contributed by atoms with Crippen molar-refractivity contribution in [3.8, 4) is 0 Å². The molecule has 2 aliphatic rings. The first kappa shape index (κ1) is 37.2. The van der Waals surface area contributed by atoms with E-state index in [0.29, 0.717) is 24.2 Å². The first-order valence-electron chi connectivity index (χ1n) is 15.8. The van der Waals surface area contributed by atoms with Crippen LogP contribution in [0.4, 0.5) is 10.5 Å². The first-order valence-corrected chi connectivity index (χ1v) is 15.8. The fourth-order valence-corrected chi connectivity index (χ4v) is 6.17. The Morgan fingerprint density at radius 1 is 0.979 bits per heavy atom. The SMILES string of the molecule is CCOC(=O)OC1=C(c2cc(C)ccc2C)C(=O)N[C@]12CC[C@@H](OC)CC2.COCC(=O)N(c1c(C)cccc1C)C(C)C(=O)OC. The summed E-state index contributed by atoms with van der Waals surface area (Å²) in [6, 6.07) is 10.9. The Balaban J connectivity index is 0.000000268. The maximum atomic E-state index is 13.0. The van der Waals surface area contributed by atoms with Gasteiger partial charge in [-0.25, -0.2) is 9.59 Å². The van der Waals surface area contributed by atoms with Crippen molar-refractivity contribution in [2.45, 2.75) is 84.9 Å². The number of para-hydroxylation sites is 1. The average Bonchev–Trinajstić information content (AvgIpc) is 3.29. The zero-order valence-corrected chi connectivity index (χ0v) is 29.0. The Morgan fingerprint density at radius 2 is 1.62 bits per heavy atom. The third-order valence-electron chi connectivity index (χ3n) is 8.62. The zero-order chi connectivity index (χ0) is 34.9. The fourth-order valence-electron chi connectivity index (χ4n) is 6.17. The van der Waals surface area contributed by atoms with Gasteiger partial charge >= 0.3 is 12.1 Å². The standard InChI is InChI=1S/C21H27NO5.C15H21NO4/c1-5-26-20(24)27-18-17(16-12-13(2)6-7-14(16)3)19(23)22-21(18)10-8-15(25-4)9-11-21;1-10-7-6-8-11(2)14(10)16(13(17)9-19-4)12(3)15(18)20-5/h6-7,12,15H,5,8-11H2,1-4H3,(H,22,23);6-8,12H,9H2,1-5H3/t15-,21+;. The van der Waals surface area contributed by atoms with Gasteiger partial charge in [0.1, 0.15) is 18.4 Å². The van der Waals surface area contributed by atoms with Crippen LogP contribution in [-0.4, -0.2) is 76.2 Å². The molecule has 1 saturated carbocycles. The number of benzene rings is 2. The maximum absolute atomic E-state index is 13.0. The molecular weight excluding hydrogens is 604 g/mol. The Hall–Kier alpha value is -4.22. The van der Waals surface area contributed by atoms with E-state index >= 15 is 0 Å². The Morgan fingerprint density at radius 3 is 2.17 bits per heavy atom. The van der Waals surface area contributed by atoms with E-state index in [9.17, 15) is 19.2 Å². The number of rotatable bonds is 9. The van der Waals surface area contributed by atoms with Crippen LogP contribution in [0, 0.1) is 27.7 Å². The van der Waals surface area contributed by atoms with Crippen LogP contribution in [0.15, 0.2) is 42.2 Å². The highest BCUT2D eigenvalue weighted by Gasteiger charge is 2.50. The van der Waals surface area contributed by atoms with E-state index in [1.807, 2.05) is 64.1 Å². The van der Waals surface area contributed by atoms with Gasteiger partial charge in [0, 0.05) is 14.2 Å². The number of nitrogens with one attached hydrogen (secondary N) is 1. The second-order valence-electron chi connectivity index (χ2n) is 11.9. The molecule has 1 atom stereocenters. The molecule has 2 aromatic carbocycles. The van der Waals surface area contributed by atoms with Crippen LogP contribution >= 0.6 is 0 Å². The van der Waals surface area contributed by atoms with Crippen molar-refractivity contribution < 1.29 is 42.9 Å². The molecular formula is C36H48N2O9. The van der Waals surface area contributed by atoms with Crippen molar-refractivity contribution in [2.24, 2.45) is 0 Å². The molecule has 11 nitrogen and oxygen atoms in total. The van der Waals surface area contributed by atoms with Crippen molar-refractivity contribution in [2.75, 3.05) is 39.4 Å². The van der Waals surface area contributed by atoms with Crippen molar-refractivity contribution in [1.82, 2.24) is 5.32 Å². The number of hydrogen-bond acceptors (Lipinski definition) is 9. The molecule has 1 unspecified atom stereocenters. The molecule has 0 bridgehead atoms. The predicted molar refractivity (Wildman–Crippen MR) is 178 cm³/mol. The zero-order valence-electron chi connectivity index (χ0n) is 29.0. The van der Waals surface area contributed by atoms with Gasteiger partial charge in [0.05, 0.1) is 36.6 Å². The molecule has 2 aromatic rings. The van der Waals surface area contributed by atoms with Crippen LogP contribution in [0.25, 0.3) is 5.57 Å². The molecule has 47 heavy (non-hydrogen) atoms. The molecule has 1 heterocycles.